The van der Waals surface area contributed by atoms with E-state index in [1.165, 1.54) is 23.5 Å². The second-order valence-electron chi connectivity index (χ2n) is 4.70. The normalized spacial score (nSPS) is 10.4. The third-order valence-corrected chi connectivity index (χ3v) is 5.06. The molecule has 0 saturated carbocycles. The van der Waals surface area contributed by atoms with E-state index >= 15 is 0 Å². The molecule has 23 heavy (non-hydrogen) atoms. The topological polar surface area (TPSA) is 74.6 Å². The summed E-state index contributed by atoms with van der Waals surface area (Å²) in [5.74, 6) is -1.06. The van der Waals surface area contributed by atoms with Crippen LogP contribution in [0, 0.1) is 0 Å². The minimum absolute atomic E-state index is 0.0279. The third-order valence-electron chi connectivity index (χ3n) is 2.99. The maximum atomic E-state index is 10.7. The first-order valence-corrected chi connectivity index (χ1v) is 8.92. The molecule has 0 bridgehead atoms. The maximum absolute atomic E-state index is 10.7. The zero-order valence-corrected chi connectivity index (χ0v) is 13.9. The SMILES string of the molecule is O=C(O)CCSc1ccc(-c2ccccc2SCC(=O)O)cc1. The third kappa shape index (κ3) is 5.65. The van der Waals surface area contributed by atoms with Crippen LogP contribution in [0.1, 0.15) is 6.42 Å². The highest BCUT2D eigenvalue weighted by Crippen LogP contribution is 2.32. The molecule has 0 spiro atoms. The number of thioether (sulfide) groups is 2. The summed E-state index contributed by atoms with van der Waals surface area (Å²) in [5.41, 5.74) is 2.02. The van der Waals surface area contributed by atoms with Crippen molar-refractivity contribution in [1.82, 2.24) is 0 Å². The summed E-state index contributed by atoms with van der Waals surface area (Å²) in [6.45, 7) is 0. The summed E-state index contributed by atoms with van der Waals surface area (Å²) in [7, 11) is 0. The number of hydrogen-bond acceptors (Lipinski definition) is 4. The Morgan fingerprint density at radius 2 is 1.57 bits per heavy atom. The van der Waals surface area contributed by atoms with E-state index < -0.39 is 11.9 Å². The molecule has 2 rings (SSSR count). The molecule has 0 aromatic heterocycles. The molecule has 0 radical (unpaired) electrons. The molecule has 0 atom stereocenters. The number of carboxylic acid groups (broad SMARTS) is 2. The molecule has 2 N–H and O–H groups in total. The van der Waals surface area contributed by atoms with Crippen LogP contribution in [0.15, 0.2) is 58.3 Å². The number of rotatable bonds is 8. The first kappa shape index (κ1) is 17.4. The van der Waals surface area contributed by atoms with Gasteiger partial charge in [-0.15, -0.1) is 23.5 Å². The number of benzene rings is 2. The Morgan fingerprint density at radius 3 is 2.22 bits per heavy atom. The van der Waals surface area contributed by atoms with Crippen LogP contribution in [0.5, 0.6) is 0 Å². The molecule has 0 aliphatic carbocycles. The lowest BCUT2D eigenvalue weighted by atomic mass is 10.1. The minimum atomic E-state index is -0.838. The van der Waals surface area contributed by atoms with Crippen molar-refractivity contribution in [3.63, 3.8) is 0 Å². The Labute approximate surface area is 142 Å². The molecule has 0 heterocycles. The van der Waals surface area contributed by atoms with Gasteiger partial charge in [0.05, 0.1) is 12.2 Å². The number of aliphatic carboxylic acids is 2. The van der Waals surface area contributed by atoms with E-state index in [0.717, 1.165) is 20.9 Å². The van der Waals surface area contributed by atoms with Gasteiger partial charge in [-0.05, 0) is 29.3 Å². The van der Waals surface area contributed by atoms with Gasteiger partial charge in [-0.2, -0.15) is 0 Å². The fourth-order valence-electron chi connectivity index (χ4n) is 1.96. The van der Waals surface area contributed by atoms with Crippen molar-refractivity contribution < 1.29 is 19.8 Å². The van der Waals surface area contributed by atoms with Gasteiger partial charge in [-0.25, -0.2) is 0 Å². The quantitative estimate of drug-likeness (QED) is 0.700. The standard InChI is InChI=1S/C17H16O4S2/c18-16(19)9-10-22-13-7-5-12(6-8-13)14-3-1-2-4-15(14)23-11-17(20)21/h1-8H,9-11H2,(H,18,19)(H,20,21). The van der Waals surface area contributed by atoms with E-state index in [1.807, 2.05) is 48.5 Å². The van der Waals surface area contributed by atoms with Gasteiger partial charge in [0, 0.05) is 15.5 Å². The molecule has 0 aliphatic heterocycles. The Balaban J connectivity index is 2.10. The van der Waals surface area contributed by atoms with E-state index in [1.54, 1.807) is 0 Å². The van der Waals surface area contributed by atoms with E-state index in [-0.39, 0.29) is 12.2 Å². The van der Waals surface area contributed by atoms with Crippen molar-refractivity contribution in [2.75, 3.05) is 11.5 Å². The van der Waals surface area contributed by atoms with Crippen LogP contribution >= 0.6 is 23.5 Å². The van der Waals surface area contributed by atoms with Crippen LogP contribution in [-0.4, -0.2) is 33.7 Å². The van der Waals surface area contributed by atoms with Gasteiger partial charge >= 0.3 is 11.9 Å². The predicted octanol–water partition coefficient (Wildman–Crippen LogP) is 4.10. The number of hydrogen-bond donors (Lipinski definition) is 2. The first-order valence-electron chi connectivity index (χ1n) is 6.95. The average molecular weight is 348 g/mol. The Morgan fingerprint density at radius 1 is 0.870 bits per heavy atom. The highest BCUT2D eigenvalue weighted by Gasteiger charge is 2.07. The molecule has 0 aliphatic rings. The lowest BCUT2D eigenvalue weighted by molar-refractivity contribution is -0.136. The summed E-state index contributed by atoms with van der Waals surface area (Å²) in [6, 6.07) is 15.6. The fourth-order valence-corrected chi connectivity index (χ4v) is 3.59. The maximum Gasteiger partial charge on any atom is 0.313 e. The monoisotopic (exact) mass is 348 g/mol. The van der Waals surface area contributed by atoms with Crippen LogP contribution in [-0.2, 0) is 9.59 Å². The molecule has 2 aromatic rings. The highest BCUT2D eigenvalue weighted by molar-refractivity contribution is 8.00. The second kappa shape index (κ2) is 8.64. The molecule has 4 nitrogen and oxygen atoms in total. The van der Waals surface area contributed by atoms with Gasteiger partial charge in [0.25, 0.3) is 0 Å². The molecule has 0 unspecified atom stereocenters. The minimum Gasteiger partial charge on any atom is -0.481 e. The van der Waals surface area contributed by atoms with E-state index in [9.17, 15) is 9.59 Å². The van der Waals surface area contributed by atoms with Gasteiger partial charge < -0.3 is 10.2 Å². The van der Waals surface area contributed by atoms with Crippen molar-refractivity contribution in [3.8, 4) is 11.1 Å². The molecule has 6 heteroatoms. The molecule has 0 amide bonds. The Kier molecular flexibility index (Phi) is 6.55. The predicted molar refractivity (Wildman–Crippen MR) is 93.2 cm³/mol. The highest BCUT2D eigenvalue weighted by atomic mass is 32.2. The number of carboxylic acids is 2. The van der Waals surface area contributed by atoms with Crippen molar-refractivity contribution in [1.29, 1.82) is 0 Å². The van der Waals surface area contributed by atoms with Crippen LogP contribution in [0.25, 0.3) is 11.1 Å². The van der Waals surface area contributed by atoms with E-state index in [4.69, 9.17) is 10.2 Å². The van der Waals surface area contributed by atoms with Crippen LogP contribution < -0.4 is 0 Å². The van der Waals surface area contributed by atoms with Gasteiger partial charge in [-0.3, -0.25) is 9.59 Å². The average Bonchev–Trinajstić information content (AvgIpc) is 2.53. The van der Waals surface area contributed by atoms with Gasteiger partial charge in [0.2, 0.25) is 0 Å². The van der Waals surface area contributed by atoms with Gasteiger partial charge in [-0.1, -0.05) is 30.3 Å². The van der Waals surface area contributed by atoms with Crippen LogP contribution in [0.4, 0.5) is 0 Å². The van der Waals surface area contributed by atoms with Crippen molar-refractivity contribution >= 4 is 35.5 Å². The Bertz CT molecular complexity index is 683. The van der Waals surface area contributed by atoms with Crippen LogP contribution in [0.3, 0.4) is 0 Å². The first-order chi connectivity index (χ1) is 11.1. The summed E-state index contributed by atoms with van der Waals surface area (Å²) in [5, 5.41) is 17.5. The smallest absolute Gasteiger partial charge is 0.313 e. The Hall–Kier alpha value is -1.92. The fraction of sp³-hybridized carbons (Fsp3) is 0.176. The second-order valence-corrected chi connectivity index (χ2v) is 6.88. The summed E-state index contributed by atoms with van der Waals surface area (Å²) >= 11 is 2.81. The molecule has 0 saturated heterocycles. The zero-order valence-electron chi connectivity index (χ0n) is 12.3. The number of carbonyl (C=O) groups is 2. The molecular weight excluding hydrogens is 332 g/mol. The molecular formula is C17H16O4S2. The van der Waals surface area contributed by atoms with Crippen molar-refractivity contribution in [2.24, 2.45) is 0 Å². The van der Waals surface area contributed by atoms with Gasteiger partial charge in [0.1, 0.15) is 0 Å². The zero-order chi connectivity index (χ0) is 16.7. The molecule has 2 aromatic carbocycles. The summed E-state index contributed by atoms with van der Waals surface area (Å²) < 4.78 is 0. The molecule has 120 valence electrons. The lowest BCUT2D eigenvalue weighted by Crippen LogP contribution is -1.97. The van der Waals surface area contributed by atoms with Gasteiger partial charge in [0.15, 0.2) is 0 Å². The summed E-state index contributed by atoms with van der Waals surface area (Å²) in [4.78, 5) is 23.2. The van der Waals surface area contributed by atoms with Crippen molar-refractivity contribution in [3.05, 3.63) is 48.5 Å². The lowest BCUT2D eigenvalue weighted by Gasteiger charge is -2.09. The van der Waals surface area contributed by atoms with Crippen LogP contribution in [0.2, 0.25) is 0 Å². The summed E-state index contributed by atoms with van der Waals surface area (Å²) in [6.07, 6.45) is 0.140. The van der Waals surface area contributed by atoms with E-state index in [0.29, 0.717) is 5.75 Å². The molecule has 0 fully saturated rings. The largest absolute Gasteiger partial charge is 0.481 e. The van der Waals surface area contributed by atoms with E-state index in [2.05, 4.69) is 0 Å². The van der Waals surface area contributed by atoms with Crippen molar-refractivity contribution in [2.45, 2.75) is 16.2 Å².